The van der Waals surface area contributed by atoms with Gasteiger partial charge >= 0.3 is 0 Å². The second-order valence-electron chi connectivity index (χ2n) is 7.87. The number of anilines is 1. The van der Waals surface area contributed by atoms with E-state index < -0.39 is 11.7 Å². The zero-order valence-corrected chi connectivity index (χ0v) is 17.3. The molecule has 4 nitrogen and oxygen atoms in total. The van der Waals surface area contributed by atoms with E-state index in [1.54, 1.807) is 0 Å². The highest BCUT2D eigenvalue weighted by Crippen LogP contribution is 2.41. The van der Waals surface area contributed by atoms with E-state index in [9.17, 15) is 5.11 Å². The Morgan fingerprint density at radius 1 is 1.11 bits per heavy atom. The highest BCUT2D eigenvalue weighted by Gasteiger charge is 2.42. The van der Waals surface area contributed by atoms with Crippen molar-refractivity contribution in [3.63, 3.8) is 0 Å². The third kappa shape index (κ3) is 5.16. The average Bonchev–Trinajstić information content (AvgIpc) is 2.58. The van der Waals surface area contributed by atoms with E-state index in [0.29, 0.717) is 6.04 Å². The smallest absolute Gasteiger partial charge is 0.131 e. The summed E-state index contributed by atoms with van der Waals surface area (Å²) in [5.74, 6) is 0.836. The lowest BCUT2D eigenvalue weighted by Crippen LogP contribution is -2.52. The summed E-state index contributed by atoms with van der Waals surface area (Å²) >= 11 is 0. The maximum atomic E-state index is 10.9. The molecule has 0 amide bonds. The van der Waals surface area contributed by atoms with Crippen molar-refractivity contribution < 1.29 is 9.84 Å². The second-order valence-corrected chi connectivity index (χ2v) is 7.87. The van der Waals surface area contributed by atoms with E-state index in [1.807, 2.05) is 26.0 Å². The van der Waals surface area contributed by atoms with E-state index in [-0.39, 0.29) is 18.4 Å². The van der Waals surface area contributed by atoms with Crippen LogP contribution in [0.4, 0.5) is 5.69 Å². The number of benzene rings is 2. The molecule has 1 aliphatic heterocycles. The molecule has 1 heterocycles. The monoisotopic (exact) mass is 390 g/mol. The molecule has 2 atom stereocenters. The highest BCUT2D eigenvalue weighted by molar-refractivity contribution is 5.85. The van der Waals surface area contributed by atoms with Crippen molar-refractivity contribution >= 4 is 18.1 Å². The molecule has 2 aromatic rings. The summed E-state index contributed by atoms with van der Waals surface area (Å²) in [4.78, 5) is 0. The molecule has 0 aliphatic carbocycles. The largest absolute Gasteiger partial charge is 0.485 e. The van der Waals surface area contributed by atoms with Crippen LogP contribution in [0.15, 0.2) is 48.5 Å². The Kier molecular flexibility index (Phi) is 7.15. The van der Waals surface area contributed by atoms with Gasteiger partial charge in [-0.25, -0.2) is 0 Å². The van der Waals surface area contributed by atoms with Crippen LogP contribution < -0.4 is 15.4 Å². The lowest BCUT2D eigenvalue weighted by atomic mass is 9.86. The minimum atomic E-state index is -0.645. The SMILES string of the molecule is CC(C)Nc1ccc2c(c1)OC(C)(C)C(O)[C@H]2NCCc1ccccc1.Cl. The van der Waals surface area contributed by atoms with E-state index in [1.165, 1.54) is 5.56 Å². The molecule has 0 saturated heterocycles. The van der Waals surface area contributed by atoms with E-state index in [0.717, 1.165) is 30.0 Å². The summed E-state index contributed by atoms with van der Waals surface area (Å²) in [6.45, 7) is 8.90. The van der Waals surface area contributed by atoms with Gasteiger partial charge in [0, 0.05) is 23.4 Å². The predicted molar refractivity (Wildman–Crippen MR) is 114 cm³/mol. The van der Waals surface area contributed by atoms with Gasteiger partial charge in [0.2, 0.25) is 0 Å². The second kappa shape index (κ2) is 8.96. The summed E-state index contributed by atoms with van der Waals surface area (Å²) < 4.78 is 6.12. The van der Waals surface area contributed by atoms with Crippen molar-refractivity contribution in [3.8, 4) is 5.75 Å². The van der Waals surface area contributed by atoms with Gasteiger partial charge in [-0.2, -0.15) is 0 Å². The third-order valence-electron chi connectivity index (χ3n) is 4.83. The lowest BCUT2D eigenvalue weighted by molar-refractivity contribution is -0.0643. The van der Waals surface area contributed by atoms with E-state index in [4.69, 9.17) is 4.74 Å². The number of hydrogen-bond donors (Lipinski definition) is 3. The van der Waals surface area contributed by atoms with Gasteiger partial charge in [0.05, 0.1) is 6.04 Å². The fourth-order valence-electron chi connectivity index (χ4n) is 3.46. The lowest BCUT2D eigenvalue weighted by Gasteiger charge is -2.42. The summed E-state index contributed by atoms with van der Waals surface area (Å²) in [6, 6.07) is 16.8. The number of aliphatic hydroxyl groups excluding tert-OH is 1. The van der Waals surface area contributed by atoms with Gasteiger partial charge in [0.1, 0.15) is 17.5 Å². The number of nitrogens with one attached hydrogen (secondary N) is 2. The van der Waals surface area contributed by atoms with Crippen molar-refractivity contribution in [2.75, 3.05) is 11.9 Å². The molecule has 0 aromatic heterocycles. The van der Waals surface area contributed by atoms with Crippen molar-refractivity contribution in [2.45, 2.75) is 57.9 Å². The minimum Gasteiger partial charge on any atom is -0.485 e. The molecule has 0 spiro atoms. The molecule has 3 rings (SSSR count). The molecule has 0 bridgehead atoms. The van der Waals surface area contributed by atoms with Gasteiger partial charge in [0.25, 0.3) is 0 Å². The fourth-order valence-corrected chi connectivity index (χ4v) is 3.46. The fraction of sp³-hybridized carbons (Fsp3) is 0.455. The minimum absolute atomic E-state index is 0. The summed E-state index contributed by atoms with van der Waals surface area (Å²) in [5, 5.41) is 17.8. The number of hydrogen-bond acceptors (Lipinski definition) is 4. The Bertz CT molecular complexity index is 734. The number of halogens is 1. The van der Waals surface area contributed by atoms with Gasteiger partial charge in [0.15, 0.2) is 0 Å². The molecule has 0 radical (unpaired) electrons. The first-order chi connectivity index (χ1) is 12.4. The van der Waals surface area contributed by atoms with Crippen LogP contribution in [0, 0.1) is 0 Å². The van der Waals surface area contributed by atoms with Crippen LogP contribution in [-0.2, 0) is 6.42 Å². The highest BCUT2D eigenvalue weighted by atomic mass is 35.5. The molecule has 3 N–H and O–H groups in total. The molecule has 1 unspecified atom stereocenters. The number of ether oxygens (including phenoxy) is 1. The number of rotatable bonds is 6. The van der Waals surface area contributed by atoms with Gasteiger partial charge in [-0.1, -0.05) is 36.4 Å². The zero-order chi connectivity index (χ0) is 18.7. The standard InChI is InChI=1S/C22H30N2O2.ClH/c1-15(2)24-17-10-11-18-19(14-17)26-22(3,4)21(25)20(18)23-13-12-16-8-6-5-7-9-16;/h5-11,14-15,20-21,23-25H,12-13H2,1-4H3;1H/t20-,21?;/m0./s1. The van der Waals surface area contributed by atoms with Gasteiger partial charge in [-0.05, 0) is 52.3 Å². The molecule has 148 valence electrons. The molecular weight excluding hydrogens is 360 g/mol. The topological polar surface area (TPSA) is 53.5 Å². The van der Waals surface area contributed by atoms with E-state index >= 15 is 0 Å². The maximum Gasteiger partial charge on any atom is 0.131 e. The van der Waals surface area contributed by atoms with Crippen LogP contribution in [0.1, 0.15) is 44.9 Å². The summed E-state index contributed by atoms with van der Waals surface area (Å²) in [7, 11) is 0. The molecule has 1 aliphatic rings. The molecule has 0 saturated carbocycles. The Morgan fingerprint density at radius 2 is 1.81 bits per heavy atom. The quantitative estimate of drug-likeness (QED) is 0.687. The van der Waals surface area contributed by atoms with Crippen LogP contribution in [0.5, 0.6) is 5.75 Å². The number of aliphatic hydroxyl groups is 1. The Labute approximate surface area is 168 Å². The first kappa shape index (κ1) is 21.5. The van der Waals surface area contributed by atoms with Crippen molar-refractivity contribution in [1.29, 1.82) is 0 Å². The first-order valence-corrected chi connectivity index (χ1v) is 9.42. The van der Waals surface area contributed by atoms with Crippen molar-refractivity contribution in [1.82, 2.24) is 5.32 Å². The van der Waals surface area contributed by atoms with Crippen molar-refractivity contribution in [2.24, 2.45) is 0 Å². The average molecular weight is 391 g/mol. The molecule has 27 heavy (non-hydrogen) atoms. The van der Waals surface area contributed by atoms with Gasteiger partial charge in [-0.3, -0.25) is 0 Å². The molecular formula is C22H31ClN2O2. The normalized spacial score (nSPS) is 20.4. The third-order valence-corrected chi connectivity index (χ3v) is 4.83. The molecule has 5 heteroatoms. The van der Waals surface area contributed by atoms with Crippen LogP contribution >= 0.6 is 12.4 Å². The summed E-state index contributed by atoms with van der Waals surface area (Å²) in [6.07, 6.45) is 0.308. The predicted octanol–water partition coefficient (Wildman–Crippen LogP) is 4.33. The summed E-state index contributed by atoms with van der Waals surface area (Å²) in [5.41, 5.74) is 2.69. The molecule has 2 aromatic carbocycles. The van der Waals surface area contributed by atoms with Gasteiger partial charge in [-0.15, -0.1) is 12.4 Å². The zero-order valence-electron chi connectivity index (χ0n) is 16.5. The Balaban J connectivity index is 0.00000261. The van der Waals surface area contributed by atoms with Crippen LogP contribution in [0.2, 0.25) is 0 Å². The van der Waals surface area contributed by atoms with Gasteiger partial charge < -0.3 is 20.5 Å². The first-order valence-electron chi connectivity index (χ1n) is 9.42. The van der Waals surface area contributed by atoms with Crippen LogP contribution in [-0.4, -0.2) is 29.4 Å². The number of fused-ring (bicyclic) bond motifs is 1. The Hall–Kier alpha value is -1.75. The Morgan fingerprint density at radius 3 is 2.48 bits per heavy atom. The van der Waals surface area contributed by atoms with Crippen molar-refractivity contribution in [3.05, 3.63) is 59.7 Å². The maximum absolute atomic E-state index is 10.9. The van der Waals surface area contributed by atoms with Crippen LogP contribution in [0.25, 0.3) is 0 Å². The van der Waals surface area contributed by atoms with E-state index in [2.05, 4.69) is 60.9 Å². The molecule has 0 fully saturated rings. The van der Waals surface area contributed by atoms with Crippen LogP contribution in [0.3, 0.4) is 0 Å².